The van der Waals surface area contributed by atoms with Crippen LogP contribution in [0.2, 0.25) is 0 Å². The Morgan fingerprint density at radius 2 is 0.600 bits per heavy atom. The summed E-state index contributed by atoms with van der Waals surface area (Å²) in [4.78, 5) is 10.1. The Morgan fingerprint density at radius 3 is 0.850 bits per heavy atom. The second-order valence-electron chi connectivity index (χ2n) is 9.48. The SMILES string of the molecule is c1ccc(P(c2ccccc2)[C@H](c2ccccn2)[C@H](c2ccccn2)P(c2ccccc2)c2ccccc2)cc1. The first kappa shape index (κ1) is 26.3. The Labute approximate surface area is 239 Å². The molecule has 0 spiro atoms. The minimum absolute atomic E-state index is 0.0856. The minimum atomic E-state index is -0.853. The van der Waals surface area contributed by atoms with E-state index in [-0.39, 0.29) is 11.3 Å². The van der Waals surface area contributed by atoms with Gasteiger partial charge in [0.05, 0.1) is 0 Å². The summed E-state index contributed by atoms with van der Waals surface area (Å²) in [5.74, 6) is 0. The quantitative estimate of drug-likeness (QED) is 0.173. The van der Waals surface area contributed by atoms with E-state index in [2.05, 4.69) is 146 Å². The molecule has 4 aromatic carbocycles. The molecule has 40 heavy (non-hydrogen) atoms. The van der Waals surface area contributed by atoms with Crippen LogP contribution in [0.15, 0.2) is 170 Å². The van der Waals surface area contributed by atoms with E-state index in [9.17, 15) is 0 Å². The van der Waals surface area contributed by atoms with Crippen molar-refractivity contribution >= 4 is 37.1 Å². The monoisotopic (exact) mass is 552 g/mol. The Hall–Kier alpha value is -3.96. The molecule has 0 aliphatic carbocycles. The zero-order chi connectivity index (χ0) is 27.0. The Bertz CT molecular complexity index is 1380. The van der Waals surface area contributed by atoms with Gasteiger partial charge in [-0.05, 0) is 61.3 Å². The van der Waals surface area contributed by atoms with Crippen molar-refractivity contribution in [2.45, 2.75) is 11.3 Å². The number of pyridine rings is 2. The van der Waals surface area contributed by atoms with Gasteiger partial charge in [-0.25, -0.2) is 0 Å². The van der Waals surface area contributed by atoms with Crippen molar-refractivity contribution in [1.82, 2.24) is 9.97 Å². The van der Waals surface area contributed by atoms with E-state index in [1.807, 2.05) is 24.5 Å². The highest BCUT2D eigenvalue weighted by Crippen LogP contribution is 2.65. The summed E-state index contributed by atoms with van der Waals surface area (Å²) in [7, 11) is -1.71. The summed E-state index contributed by atoms with van der Waals surface area (Å²) in [6.07, 6.45) is 3.88. The van der Waals surface area contributed by atoms with Crippen LogP contribution < -0.4 is 21.2 Å². The van der Waals surface area contributed by atoms with Crippen molar-refractivity contribution in [3.8, 4) is 0 Å². The van der Waals surface area contributed by atoms with E-state index in [1.54, 1.807) is 0 Å². The number of hydrogen-bond donors (Lipinski definition) is 0. The van der Waals surface area contributed by atoms with E-state index in [0.717, 1.165) is 11.4 Å². The van der Waals surface area contributed by atoms with Crippen molar-refractivity contribution in [2.24, 2.45) is 0 Å². The standard InChI is InChI=1S/C36H30N2P2/c1-5-17-29(18-6-1)39(30-19-7-2-8-20-30)35(33-25-13-15-27-37-33)36(34-26-14-16-28-38-34)40(31-21-9-3-10-22-31)32-23-11-4-12-24-32/h1-28,35-36H/t35-,36+. The first-order chi connectivity index (χ1) is 19.9. The minimum Gasteiger partial charge on any atom is -0.261 e. The highest BCUT2D eigenvalue weighted by molar-refractivity contribution is 7.77. The van der Waals surface area contributed by atoms with Crippen molar-refractivity contribution < 1.29 is 0 Å². The van der Waals surface area contributed by atoms with Crippen LogP contribution in [0.25, 0.3) is 0 Å². The van der Waals surface area contributed by atoms with Crippen LogP contribution in [0, 0.1) is 0 Å². The molecular weight excluding hydrogens is 522 g/mol. The molecule has 4 heteroatoms. The normalized spacial score (nSPS) is 12.8. The first-order valence-corrected chi connectivity index (χ1v) is 16.3. The van der Waals surface area contributed by atoms with E-state index < -0.39 is 15.8 Å². The van der Waals surface area contributed by atoms with Gasteiger partial charge < -0.3 is 0 Å². The summed E-state index contributed by atoms with van der Waals surface area (Å²) >= 11 is 0. The molecule has 194 valence electrons. The fourth-order valence-electron chi connectivity index (χ4n) is 5.27. The molecule has 2 aromatic heterocycles. The van der Waals surface area contributed by atoms with Crippen LogP contribution in [-0.4, -0.2) is 9.97 Å². The number of aromatic nitrogens is 2. The summed E-state index contributed by atoms with van der Waals surface area (Å²) in [5, 5.41) is 5.38. The third-order valence-corrected chi connectivity index (χ3v) is 12.9. The molecule has 0 amide bonds. The van der Waals surface area contributed by atoms with Gasteiger partial charge in [0.1, 0.15) is 0 Å². The molecule has 2 heterocycles. The fraction of sp³-hybridized carbons (Fsp3) is 0.0556. The molecule has 0 saturated heterocycles. The molecule has 2 atom stereocenters. The molecule has 0 radical (unpaired) electrons. The Kier molecular flexibility index (Phi) is 8.49. The maximum absolute atomic E-state index is 5.07. The predicted molar refractivity (Wildman–Crippen MR) is 172 cm³/mol. The van der Waals surface area contributed by atoms with Crippen LogP contribution in [0.1, 0.15) is 22.7 Å². The lowest BCUT2D eigenvalue weighted by Gasteiger charge is -2.39. The van der Waals surface area contributed by atoms with Crippen LogP contribution in [-0.2, 0) is 0 Å². The summed E-state index contributed by atoms with van der Waals surface area (Å²) < 4.78 is 0. The second kappa shape index (κ2) is 12.9. The van der Waals surface area contributed by atoms with Crippen LogP contribution in [0.3, 0.4) is 0 Å². The third-order valence-electron chi connectivity index (χ3n) is 6.97. The summed E-state index contributed by atoms with van der Waals surface area (Å²) in [6, 6.07) is 56.7. The first-order valence-electron chi connectivity index (χ1n) is 13.5. The van der Waals surface area contributed by atoms with Crippen molar-refractivity contribution in [2.75, 3.05) is 0 Å². The zero-order valence-electron chi connectivity index (χ0n) is 22.1. The molecule has 0 N–H and O–H groups in total. The molecule has 0 fully saturated rings. The highest BCUT2D eigenvalue weighted by Gasteiger charge is 2.41. The van der Waals surface area contributed by atoms with Crippen molar-refractivity contribution in [3.05, 3.63) is 182 Å². The topological polar surface area (TPSA) is 25.8 Å². The van der Waals surface area contributed by atoms with Gasteiger partial charge in [0, 0.05) is 35.1 Å². The van der Waals surface area contributed by atoms with Gasteiger partial charge in [-0.3, -0.25) is 9.97 Å². The summed E-state index contributed by atoms with van der Waals surface area (Å²) in [5.41, 5.74) is 2.39. The number of hydrogen-bond acceptors (Lipinski definition) is 2. The van der Waals surface area contributed by atoms with Gasteiger partial charge in [-0.1, -0.05) is 133 Å². The lowest BCUT2D eigenvalue weighted by molar-refractivity contribution is 0.824. The van der Waals surface area contributed by atoms with Gasteiger partial charge in [0.2, 0.25) is 0 Å². The number of benzene rings is 4. The molecule has 0 aliphatic heterocycles. The molecule has 6 rings (SSSR count). The fourth-order valence-corrected chi connectivity index (χ4v) is 11.6. The van der Waals surface area contributed by atoms with Gasteiger partial charge in [0.15, 0.2) is 0 Å². The number of nitrogens with zero attached hydrogens (tertiary/aromatic N) is 2. The zero-order valence-corrected chi connectivity index (χ0v) is 23.9. The molecule has 0 unspecified atom stereocenters. The van der Waals surface area contributed by atoms with Gasteiger partial charge >= 0.3 is 0 Å². The van der Waals surface area contributed by atoms with Gasteiger partial charge in [-0.15, -0.1) is 0 Å². The molecule has 0 bridgehead atoms. The molecule has 6 aromatic rings. The van der Waals surface area contributed by atoms with Gasteiger partial charge in [-0.2, -0.15) is 0 Å². The highest BCUT2D eigenvalue weighted by atomic mass is 31.1. The average molecular weight is 553 g/mol. The Morgan fingerprint density at radius 1 is 0.325 bits per heavy atom. The third kappa shape index (κ3) is 5.80. The van der Waals surface area contributed by atoms with E-state index in [4.69, 9.17) is 9.97 Å². The van der Waals surface area contributed by atoms with Crippen LogP contribution in [0.4, 0.5) is 0 Å². The number of rotatable bonds is 9. The maximum Gasteiger partial charge on any atom is 0.0494 e. The van der Waals surface area contributed by atoms with Crippen molar-refractivity contribution in [3.63, 3.8) is 0 Å². The smallest absolute Gasteiger partial charge is 0.0494 e. The van der Waals surface area contributed by atoms with E-state index in [1.165, 1.54) is 21.2 Å². The van der Waals surface area contributed by atoms with Crippen LogP contribution >= 0.6 is 15.8 Å². The lowest BCUT2D eigenvalue weighted by Crippen LogP contribution is -2.27. The largest absolute Gasteiger partial charge is 0.261 e. The maximum atomic E-state index is 5.07. The summed E-state index contributed by atoms with van der Waals surface area (Å²) in [6.45, 7) is 0. The predicted octanol–water partition coefficient (Wildman–Crippen LogP) is 7.52. The molecular formula is C36H30N2P2. The Balaban J connectivity index is 1.67. The second-order valence-corrected chi connectivity index (χ2v) is 14.1. The molecule has 2 nitrogen and oxygen atoms in total. The van der Waals surface area contributed by atoms with Gasteiger partial charge in [0.25, 0.3) is 0 Å². The molecule has 0 aliphatic rings. The lowest BCUT2D eigenvalue weighted by atomic mass is 10.1. The van der Waals surface area contributed by atoms with Crippen molar-refractivity contribution in [1.29, 1.82) is 0 Å². The van der Waals surface area contributed by atoms with E-state index >= 15 is 0 Å². The molecule has 0 saturated carbocycles. The average Bonchev–Trinajstić information content (AvgIpc) is 3.05. The van der Waals surface area contributed by atoms with E-state index in [0.29, 0.717) is 0 Å². The van der Waals surface area contributed by atoms with Crippen LogP contribution in [0.5, 0.6) is 0 Å².